The number of ether oxygens (including phenoxy) is 2. The summed E-state index contributed by atoms with van der Waals surface area (Å²) in [5, 5.41) is 4.28. The summed E-state index contributed by atoms with van der Waals surface area (Å²) in [5.74, 6) is 0.929. The Hall–Kier alpha value is -2.90. The molecule has 1 aliphatic carbocycles. The van der Waals surface area contributed by atoms with E-state index in [1.54, 1.807) is 0 Å². The lowest BCUT2D eigenvalue weighted by molar-refractivity contribution is 0.0961. The zero-order valence-electron chi connectivity index (χ0n) is 19.9. The molecule has 2 aliphatic heterocycles. The first kappa shape index (κ1) is 22.6. The maximum Gasteiger partial charge on any atom is 0.174 e. The zero-order chi connectivity index (χ0) is 23.6. The van der Waals surface area contributed by atoms with Gasteiger partial charge in [0.1, 0.15) is 11.8 Å². The van der Waals surface area contributed by atoms with Crippen LogP contribution < -0.4 is 15.0 Å². The van der Waals surface area contributed by atoms with Gasteiger partial charge in [-0.2, -0.15) is 0 Å². The van der Waals surface area contributed by atoms with Crippen LogP contribution in [0.5, 0.6) is 5.75 Å². The third-order valence-corrected chi connectivity index (χ3v) is 7.72. The van der Waals surface area contributed by atoms with Crippen molar-refractivity contribution in [1.82, 2.24) is 14.9 Å². The van der Waals surface area contributed by atoms with E-state index in [-0.39, 0.29) is 18.2 Å². The minimum Gasteiger partial charge on any atom is -0.490 e. The number of pyridine rings is 1. The first-order chi connectivity index (χ1) is 17.3. The lowest BCUT2D eigenvalue weighted by atomic mass is 10.0. The van der Waals surface area contributed by atoms with Crippen molar-refractivity contribution in [2.75, 3.05) is 11.5 Å². The number of thiocarbonyl (C=S) groups is 1. The fourth-order valence-corrected chi connectivity index (χ4v) is 6.03. The molecule has 6 rings (SSSR count). The van der Waals surface area contributed by atoms with E-state index in [2.05, 4.69) is 68.4 Å². The maximum absolute atomic E-state index is 6.21. The molecule has 4 heterocycles. The first-order valence-corrected chi connectivity index (χ1v) is 13.2. The molecule has 3 aliphatic rings. The van der Waals surface area contributed by atoms with Gasteiger partial charge in [0.05, 0.1) is 23.9 Å². The lowest BCUT2D eigenvalue weighted by Crippen LogP contribution is -2.31. The normalized spacial score (nSPS) is 24.7. The number of aromatic nitrogens is 2. The largest absolute Gasteiger partial charge is 0.490 e. The van der Waals surface area contributed by atoms with Crippen molar-refractivity contribution in [3.63, 3.8) is 0 Å². The fraction of sp³-hybridized carbons (Fsp3) is 0.429. The van der Waals surface area contributed by atoms with Crippen LogP contribution in [0.4, 0.5) is 5.69 Å². The van der Waals surface area contributed by atoms with Gasteiger partial charge in [0.15, 0.2) is 5.11 Å². The van der Waals surface area contributed by atoms with Crippen molar-refractivity contribution in [3.05, 3.63) is 78.4 Å². The molecule has 35 heavy (non-hydrogen) atoms. The second kappa shape index (κ2) is 9.99. The molecule has 3 atom stereocenters. The smallest absolute Gasteiger partial charge is 0.174 e. The van der Waals surface area contributed by atoms with Crippen molar-refractivity contribution in [1.29, 1.82) is 0 Å². The molecule has 6 nitrogen and oxygen atoms in total. The third-order valence-electron chi connectivity index (χ3n) is 7.41. The van der Waals surface area contributed by atoms with E-state index < -0.39 is 0 Å². The van der Waals surface area contributed by atoms with Crippen molar-refractivity contribution in [2.45, 2.75) is 69.4 Å². The molecule has 0 unspecified atom stereocenters. The van der Waals surface area contributed by atoms with Gasteiger partial charge in [0.2, 0.25) is 0 Å². The number of anilines is 1. The molecule has 0 spiro atoms. The Morgan fingerprint density at radius 1 is 1.00 bits per heavy atom. The highest BCUT2D eigenvalue weighted by molar-refractivity contribution is 7.80. The van der Waals surface area contributed by atoms with Crippen LogP contribution in [-0.4, -0.2) is 33.5 Å². The summed E-state index contributed by atoms with van der Waals surface area (Å²) in [4.78, 5) is 6.92. The van der Waals surface area contributed by atoms with Crippen LogP contribution in [0.3, 0.4) is 0 Å². The highest BCUT2D eigenvalue weighted by Gasteiger charge is 2.42. The van der Waals surface area contributed by atoms with Gasteiger partial charge in [-0.3, -0.25) is 4.98 Å². The molecular formula is C28H32N4O2S. The SMILES string of the molecule is S=C1N[C@H](c2ccccn2)[C@H](c2cccn2C[C@H]2CCCO2)N1c1ccc(OC2CCCC2)cc1. The third kappa shape index (κ3) is 4.67. The van der Waals surface area contributed by atoms with E-state index in [1.165, 1.54) is 18.5 Å². The Bertz CT molecular complexity index is 1140. The average Bonchev–Trinajstić information content (AvgIpc) is 3.69. The predicted molar refractivity (Wildman–Crippen MR) is 141 cm³/mol. The van der Waals surface area contributed by atoms with Crippen LogP contribution in [-0.2, 0) is 11.3 Å². The van der Waals surface area contributed by atoms with Crippen molar-refractivity contribution in [3.8, 4) is 5.75 Å². The van der Waals surface area contributed by atoms with Crippen molar-refractivity contribution >= 4 is 23.0 Å². The van der Waals surface area contributed by atoms with Crippen LogP contribution >= 0.6 is 12.2 Å². The van der Waals surface area contributed by atoms with Gasteiger partial charge in [0, 0.05) is 36.9 Å². The summed E-state index contributed by atoms with van der Waals surface area (Å²) in [7, 11) is 0. The number of rotatable bonds is 7. The molecule has 2 aromatic heterocycles. The Labute approximate surface area is 212 Å². The van der Waals surface area contributed by atoms with Crippen molar-refractivity contribution in [2.24, 2.45) is 0 Å². The second-order valence-corrected chi connectivity index (χ2v) is 10.1. The number of nitrogens with zero attached hydrogens (tertiary/aromatic N) is 3. The molecule has 1 saturated carbocycles. The Morgan fingerprint density at radius 3 is 2.60 bits per heavy atom. The van der Waals surface area contributed by atoms with E-state index in [0.29, 0.717) is 11.2 Å². The number of benzene rings is 1. The molecular weight excluding hydrogens is 456 g/mol. The van der Waals surface area contributed by atoms with Gasteiger partial charge in [-0.15, -0.1) is 0 Å². The van der Waals surface area contributed by atoms with Crippen LogP contribution in [0, 0.1) is 0 Å². The fourth-order valence-electron chi connectivity index (χ4n) is 5.69. The average molecular weight is 489 g/mol. The number of hydrogen-bond acceptors (Lipinski definition) is 4. The van der Waals surface area contributed by atoms with Crippen LogP contribution in [0.2, 0.25) is 0 Å². The summed E-state index contributed by atoms with van der Waals surface area (Å²) in [6.45, 7) is 1.71. The summed E-state index contributed by atoms with van der Waals surface area (Å²) >= 11 is 5.91. The highest BCUT2D eigenvalue weighted by Crippen LogP contribution is 2.42. The summed E-state index contributed by atoms with van der Waals surface area (Å²) in [6, 6.07) is 18.7. The van der Waals surface area contributed by atoms with Crippen LogP contribution in [0.1, 0.15) is 62.0 Å². The van der Waals surface area contributed by atoms with E-state index in [1.807, 2.05) is 18.3 Å². The summed E-state index contributed by atoms with van der Waals surface area (Å²) in [5.41, 5.74) is 3.23. The summed E-state index contributed by atoms with van der Waals surface area (Å²) < 4.78 is 14.5. The van der Waals surface area contributed by atoms with Crippen LogP contribution in [0.25, 0.3) is 0 Å². The van der Waals surface area contributed by atoms with Crippen molar-refractivity contribution < 1.29 is 9.47 Å². The van der Waals surface area contributed by atoms with E-state index in [9.17, 15) is 0 Å². The number of hydrogen-bond donors (Lipinski definition) is 1. The van der Waals surface area contributed by atoms with E-state index >= 15 is 0 Å². The quantitative estimate of drug-likeness (QED) is 0.440. The molecule has 3 aromatic rings. The van der Waals surface area contributed by atoms with E-state index in [0.717, 1.165) is 56.0 Å². The Morgan fingerprint density at radius 2 is 1.86 bits per heavy atom. The molecule has 3 fully saturated rings. The van der Waals surface area contributed by atoms with E-state index in [4.69, 9.17) is 21.7 Å². The van der Waals surface area contributed by atoms with Gasteiger partial charge in [0.25, 0.3) is 0 Å². The Kier molecular flexibility index (Phi) is 6.44. The molecule has 2 saturated heterocycles. The topological polar surface area (TPSA) is 51.5 Å². The molecule has 7 heteroatoms. The molecule has 1 N–H and O–H groups in total. The monoisotopic (exact) mass is 488 g/mol. The molecule has 0 amide bonds. The van der Waals surface area contributed by atoms with Gasteiger partial charge < -0.3 is 24.3 Å². The van der Waals surface area contributed by atoms with Gasteiger partial charge >= 0.3 is 0 Å². The standard InChI is InChI=1S/C28H32N4O2S/c35-28-30-26(24-10-3-4-16-29-24)27(25-11-5-17-31(25)19-23-9-6-18-33-23)32(28)20-12-14-22(15-13-20)34-21-7-1-2-8-21/h3-5,10-17,21,23,26-27H,1-2,6-9,18-19H2,(H,30,35)/t23-,26-,27+/m1/s1. The van der Waals surface area contributed by atoms with Gasteiger partial charge in [-0.25, -0.2) is 0 Å². The van der Waals surface area contributed by atoms with Crippen LogP contribution in [0.15, 0.2) is 67.0 Å². The predicted octanol–water partition coefficient (Wildman–Crippen LogP) is 5.56. The maximum atomic E-state index is 6.21. The zero-order valence-corrected chi connectivity index (χ0v) is 20.7. The Balaban J connectivity index is 1.33. The lowest BCUT2D eigenvalue weighted by Gasteiger charge is -2.29. The number of nitrogens with one attached hydrogen (secondary N) is 1. The molecule has 0 bridgehead atoms. The second-order valence-electron chi connectivity index (χ2n) is 9.74. The minimum absolute atomic E-state index is 0.0320. The minimum atomic E-state index is -0.0590. The van der Waals surface area contributed by atoms with Gasteiger partial charge in [-0.1, -0.05) is 6.07 Å². The highest BCUT2D eigenvalue weighted by atomic mass is 32.1. The first-order valence-electron chi connectivity index (χ1n) is 12.8. The summed E-state index contributed by atoms with van der Waals surface area (Å²) in [6.07, 6.45) is 11.7. The molecule has 182 valence electrons. The molecule has 0 radical (unpaired) electrons. The molecule has 1 aromatic carbocycles. The van der Waals surface area contributed by atoms with Gasteiger partial charge in [-0.05, 0) is 99.3 Å².